The van der Waals surface area contributed by atoms with Gasteiger partial charge in [0.2, 0.25) is 0 Å². The van der Waals surface area contributed by atoms with E-state index in [0.29, 0.717) is 37.4 Å². The molecule has 25 heavy (non-hydrogen) atoms. The first-order valence-electron chi connectivity index (χ1n) is 7.96. The molecule has 0 aromatic heterocycles. The number of rotatable bonds is 3. The van der Waals surface area contributed by atoms with E-state index in [1.54, 1.807) is 24.3 Å². The summed E-state index contributed by atoms with van der Waals surface area (Å²) in [5.41, 5.74) is 2.10. The van der Waals surface area contributed by atoms with Gasteiger partial charge in [-0.15, -0.1) is 0 Å². The highest BCUT2D eigenvalue weighted by atomic mass is 16.4. The van der Waals surface area contributed by atoms with E-state index >= 15 is 0 Å². The summed E-state index contributed by atoms with van der Waals surface area (Å²) in [4.78, 5) is 26.7. The zero-order valence-electron chi connectivity index (χ0n) is 13.6. The summed E-state index contributed by atoms with van der Waals surface area (Å²) in [6, 6.07) is 13.5. The predicted molar refractivity (Wildman–Crippen MR) is 94.3 cm³/mol. The van der Waals surface area contributed by atoms with Crippen LogP contribution in [0.1, 0.15) is 10.4 Å². The number of amides is 2. The molecule has 1 aliphatic heterocycles. The lowest BCUT2D eigenvalue weighted by Gasteiger charge is -2.34. The summed E-state index contributed by atoms with van der Waals surface area (Å²) in [7, 11) is 0. The molecule has 0 radical (unpaired) electrons. The van der Waals surface area contributed by atoms with E-state index in [1.165, 1.54) is 17.0 Å². The van der Waals surface area contributed by atoms with Crippen molar-refractivity contribution >= 4 is 23.4 Å². The number of hydrogen-bond acceptors (Lipinski definition) is 4. The Labute approximate surface area is 145 Å². The highest BCUT2D eigenvalue weighted by Gasteiger charge is 2.20. The molecule has 2 amide bonds. The fourth-order valence-electron chi connectivity index (χ4n) is 2.73. The molecule has 0 bridgehead atoms. The second-order valence-electron chi connectivity index (χ2n) is 5.80. The van der Waals surface area contributed by atoms with Gasteiger partial charge in [-0.05, 0) is 48.5 Å². The fourth-order valence-corrected chi connectivity index (χ4v) is 2.73. The Balaban J connectivity index is 1.61. The molecule has 7 nitrogen and oxygen atoms in total. The van der Waals surface area contributed by atoms with Gasteiger partial charge >= 0.3 is 6.09 Å². The van der Waals surface area contributed by atoms with Crippen LogP contribution >= 0.6 is 0 Å². The Hall–Kier alpha value is -3.22. The van der Waals surface area contributed by atoms with Crippen LogP contribution in [-0.2, 0) is 0 Å². The molecule has 130 valence electrons. The van der Waals surface area contributed by atoms with Crippen molar-refractivity contribution in [2.75, 3.05) is 36.4 Å². The first-order chi connectivity index (χ1) is 12.0. The maximum atomic E-state index is 12.2. The molecule has 2 aromatic carbocycles. The molecular weight excluding hydrogens is 322 g/mol. The molecule has 0 saturated carbocycles. The molecule has 3 N–H and O–H groups in total. The minimum atomic E-state index is -0.888. The van der Waals surface area contributed by atoms with Crippen molar-refractivity contribution in [3.63, 3.8) is 0 Å². The Kier molecular flexibility index (Phi) is 4.74. The summed E-state index contributed by atoms with van der Waals surface area (Å²) < 4.78 is 0. The molecule has 1 saturated heterocycles. The van der Waals surface area contributed by atoms with Gasteiger partial charge in [0, 0.05) is 43.1 Å². The summed E-state index contributed by atoms with van der Waals surface area (Å²) in [6.07, 6.45) is -0.888. The molecule has 0 spiro atoms. The molecule has 0 unspecified atom stereocenters. The minimum Gasteiger partial charge on any atom is -0.508 e. The molecule has 1 aliphatic rings. The summed E-state index contributed by atoms with van der Waals surface area (Å²) in [5, 5.41) is 21.0. The van der Waals surface area contributed by atoms with Gasteiger partial charge in [0.05, 0.1) is 0 Å². The summed E-state index contributed by atoms with van der Waals surface area (Å²) in [6.45, 7) is 2.20. The number of carboxylic acid groups (broad SMARTS) is 1. The van der Waals surface area contributed by atoms with Crippen LogP contribution in [0.5, 0.6) is 5.75 Å². The SMILES string of the molecule is O=C(Nc1ccc(O)cc1)c1ccc(N2CCN(C(=O)O)CC2)cc1. The largest absolute Gasteiger partial charge is 0.508 e. The van der Waals surface area contributed by atoms with Gasteiger partial charge in [-0.25, -0.2) is 4.79 Å². The van der Waals surface area contributed by atoms with E-state index in [-0.39, 0.29) is 11.7 Å². The van der Waals surface area contributed by atoms with Crippen LogP contribution in [0.3, 0.4) is 0 Å². The second-order valence-corrected chi connectivity index (χ2v) is 5.80. The van der Waals surface area contributed by atoms with Gasteiger partial charge in [-0.3, -0.25) is 4.79 Å². The van der Waals surface area contributed by atoms with Crippen molar-refractivity contribution in [1.29, 1.82) is 0 Å². The minimum absolute atomic E-state index is 0.144. The average molecular weight is 341 g/mol. The highest BCUT2D eigenvalue weighted by Crippen LogP contribution is 2.19. The van der Waals surface area contributed by atoms with Gasteiger partial charge in [-0.2, -0.15) is 0 Å². The monoisotopic (exact) mass is 341 g/mol. The number of phenolic OH excluding ortho intramolecular Hbond substituents is 1. The summed E-state index contributed by atoms with van der Waals surface area (Å²) in [5.74, 6) is -0.0849. The fraction of sp³-hybridized carbons (Fsp3) is 0.222. The number of carbonyl (C=O) groups is 2. The van der Waals surface area contributed by atoms with Crippen LogP contribution in [0.25, 0.3) is 0 Å². The van der Waals surface area contributed by atoms with Crippen LogP contribution < -0.4 is 10.2 Å². The number of phenols is 1. The van der Waals surface area contributed by atoms with Gasteiger partial charge < -0.3 is 25.3 Å². The standard InChI is InChI=1S/C18H19N3O4/c22-16-7-3-14(4-8-16)19-17(23)13-1-5-15(6-2-13)20-9-11-21(12-10-20)18(24)25/h1-8,22H,9-12H2,(H,19,23)(H,24,25). The number of nitrogens with zero attached hydrogens (tertiary/aromatic N) is 2. The first-order valence-corrected chi connectivity index (χ1v) is 7.96. The zero-order chi connectivity index (χ0) is 17.8. The third-order valence-corrected chi connectivity index (χ3v) is 4.17. The van der Waals surface area contributed by atoms with E-state index in [0.717, 1.165) is 5.69 Å². The topological polar surface area (TPSA) is 93.1 Å². The number of anilines is 2. The van der Waals surface area contributed by atoms with Crippen LogP contribution in [0.4, 0.5) is 16.2 Å². The number of carbonyl (C=O) groups excluding carboxylic acids is 1. The molecular formula is C18H19N3O4. The van der Waals surface area contributed by atoms with Gasteiger partial charge in [0.1, 0.15) is 5.75 Å². The summed E-state index contributed by atoms with van der Waals surface area (Å²) >= 11 is 0. The molecule has 0 atom stereocenters. The zero-order valence-corrected chi connectivity index (χ0v) is 13.6. The number of hydrogen-bond donors (Lipinski definition) is 3. The maximum absolute atomic E-state index is 12.2. The van der Waals surface area contributed by atoms with Crippen LogP contribution in [0.15, 0.2) is 48.5 Å². The van der Waals surface area contributed by atoms with Crippen LogP contribution in [0.2, 0.25) is 0 Å². The van der Waals surface area contributed by atoms with Gasteiger partial charge in [-0.1, -0.05) is 0 Å². The Morgan fingerprint density at radius 2 is 1.48 bits per heavy atom. The van der Waals surface area contributed by atoms with E-state index in [4.69, 9.17) is 5.11 Å². The lowest BCUT2D eigenvalue weighted by atomic mass is 10.1. The molecule has 1 fully saturated rings. The molecule has 7 heteroatoms. The predicted octanol–water partition coefficient (Wildman–Crippen LogP) is 2.44. The average Bonchev–Trinajstić information content (AvgIpc) is 2.64. The van der Waals surface area contributed by atoms with Gasteiger partial charge in [0.25, 0.3) is 5.91 Å². The molecule has 1 heterocycles. The van der Waals surface area contributed by atoms with E-state index < -0.39 is 6.09 Å². The van der Waals surface area contributed by atoms with Crippen molar-refractivity contribution < 1.29 is 19.8 Å². The van der Waals surface area contributed by atoms with E-state index in [1.807, 2.05) is 12.1 Å². The molecule has 0 aliphatic carbocycles. The number of aromatic hydroxyl groups is 1. The first kappa shape index (κ1) is 16.6. The molecule has 3 rings (SSSR count). The normalized spacial score (nSPS) is 14.2. The Morgan fingerprint density at radius 3 is 2.04 bits per heavy atom. The number of piperazine rings is 1. The van der Waals surface area contributed by atoms with E-state index in [9.17, 15) is 14.7 Å². The smallest absolute Gasteiger partial charge is 0.407 e. The highest BCUT2D eigenvalue weighted by molar-refractivity contribution is 6.04. The van der Waals surface area contributed by atoms with Crippen molar-refractivity contribution in [3.05, 3.63) is 54.1 Å². The lowest BCUT2D eigenvalue weighted by Crippen LogP contribution is -2.48. The molecule has 2 aromatic rings. The quantitative estimate of drug-likeness (QED) is 0.746. The maximum Gasteiger partial charge on any atom is 0.407 e. The third-order valence-electron chi connectivity index (χ3n) is 4.17. The number of nitrogens with one attached hydrogen (secondary N) is 1. The van der Waals surface area contributed by atoms with Crippen molar-refractivity contribution in [2.45, 2.75) is 0 Å². The Bertz CT molecular complexity index is 751. The second kappa shape index (κ2) is 7.12. The van der Waals surface area contributed by atoms with Crippen molar-refractivity contribution in [3.8, 4) is 5.75 Å². The third kappa shape index (κ3) is 4.00. The van der Waals surface area contributed by atoms with E-state index in [2.05, 4.69) is 10.2 Å². The Morgan fingerprint density at radius 1 is 0.880 bits per heavy atom. The number of benzene rings is 2. The lowest BCUT2D eigenvalue weighted by molar-refractivity contribution is 0.102. The van der Waals surface area contributed by atoms with Crippen LogP contribution in [-0.4, -0.2) is 53.3 Å². The van der Waals surface area contributed by atoms with Crippen molar-refractivity contribution in [1.82, 2.24) is 4.90 Å². The van der Waals surface area contributed by atoms with Gasteiger partial charge in [0.15, 0.2) is 0 Å². The van der Waals surface area contributed by atoms with Crippen molar-refractivity contribution in [2.24, 2.45) is 0 Å². The van der Waals surface area contributed by atoms with Crippen LogP contribution in [0, 0.1) is 0 Å².